The van der Waals surface area contributed by atoms with E-state index in [9.17, 15) is 4.79 Å². The van der Waals surface area contributed by atoms with Crippen molar-refractivity contribution in [3.05, 3.63) is 108 Å². The molecule has 4 nitrogen and oxygen atoms in total. The van der Waals surface area contributed by atoms with E-state index in [1.54, 1.807) is 6.20 Å². The van der Waals surface area contributed by atoms with Crippen molar-refractivity contribution < 1.29 is 4.79 Å². The Hall–Kier alpha value is -3.79. The van der Waals surface area contributed by atoms with Crippen LogP contribution in [0, 0.1) is 6.92 Å². The molecule has 0 aliphatic carbocycles. The molecule has 0 spiro atoms. The first-order valence-corrected chi connectivity index (χ1v) is 9.52. The second kappa shape index (κ2) is 8.48. The van der Waals surface area contributed by atoms with Crippen molar-refractivity contribution in [2.45, 2.75) is 13.5 Å². The Labute approximate surface area is 170 Å². The molecule has 0 saturated carbocycles. The monoisotopic (exact) mass is 379 g/mol. The summed E-state index contributed by atoms with van der Waals surface area (Å²) in [4.78, 5) is 21.0. The van der Waals surface area contributed by atoms with Gasteiger partial charge in [0.1, 0.15) is 5.82 Å². The van der Waals surface area contributed by atoms with Crippen LogP contribution >= 0.6 is 0 Å². The van der Waals surface area contributed by atoms with Crippen molar-refractivity contribution in [1.82, 2.24) is 15.3 Å². The zero-order valence-corrected chi connectivity index (χ0v) is 16.2. The van der Waals surface area contributed by atoms with Crippen LogP contribution in [0.4, 0.5) is 0 Å². The number of benzene rings is 3. The minimum absolute atomic E-state index is 0.0949. The maximum absolute atomic E-state index is 12.5. The molecule has 0 atom stereocenters. The number of carbonyl (C=O) groups is 1. The summed E-state index contributed by atoms with van der Waals surface area (Å²) in [6, 6.07) is 27.8. The predicted octanol–water partition coefficient (Wildman–Crippen LogP) is 5.05. The minimum atomic E-state index is -0.0949. The van der Waals surface area contributed by atoms with Gasteiger partial charge in [0, 0.05) is 23.9 Å². The van der Waals surface area contributed by atoms with E-state index in [0.29, 0.717) is 12.1 Å². The molecule has 0 aliphatic rings. The van der Waals surface area contributed by atoms with Gasteiger partial charge in [-0.1, -0.05) is 66.7 Å². The van der Waals surface area contributed by atoms with Crippen molar-refractivity contribution in [2.75, 3.05) is 0 Å². The average Bonchev–Trinajstić information content (AvgIpc) is 2.78. The fraction of sp³-hybridized carbons (Fsp3) is 0.0800. The molecular weight excluding hydrogens is 358 g/mol. The van der Waals surface area contributed by atoms with E-state index < -0.39 is 0 Å². The number of aryl methyl sites for hydroxylation is 1. The zero-order chi connectivity index (χ0) is 20.1. The first-order chi connectivity index (χ1) is 14.2. The van der Waals surface area contributed by atoms with E-state index in [4.69, 9.17) is 0 Å². The number of hydrogen-bond acceptors (Lipinski definition) is 3. The average molecular weight is 379 g/mol. The summed E-state index contributed by atoms with van der Waals surface area (Å²) in [5, 5.41) is 2.98. The molecule has 1 aromatic heterocycles. The van der Waals surface area contributed by atoms with Gasteiger partial charge in [0.05, 0.1) is 5.69 Å². The Bertz CT molecular complexity index is 1100. The van der Waals surface area contributed by atoms with Gasteiger partial charge >= 0.3 is 0 Å². The van der Waals surface area contributed by atoms with Crippen LogP contribution in [0.25, 0.3) is 22.4 Å². The van der Waals surface area contributed by atoms with E-state index in [-0.39, 0.29) is 5.91 Å². The maximum Gasteiger partial charge on any atom is 0.251 e. The highest BCUT2D eigenvalue weighted by atomic mass is 16.1. The highest BCUT2D eigenvalue weighted by molar-refractivity contribution is 5.94. The summed E-state index contributed by atoms with van der Waals surface area (Å²) in [6.07, 6.45) is 1.74. The molecule has 0 aliphatic heterocycles. The van der Waals surface area contributed by atoms with Gasteiger partial charge in [-0.2, -0.15) is 0 Å². The molecule has 4 heteroatoms. The van der Waals surface area contributed by atoms with Crippen LogP contribution in [0.5, 0.6) is 0 Å². The Morgan fingerprint density at radius 1 is 0.793 bits per heavy atom. The lowest BCUT2D eigenvalue weighted by molar-refractivity contribution is 0.0951. The van der Waals surface area contributed by atoms with E-state index in [1.165, 1.54) is 5.56 Å². The highest BCUT2D eigenvalue weighted by Crippen LogP contribution is 2.20. The largest absolute Gasteiger partial charge is 0.348 e. The molecule has 0 fully saturated rings. The number of rotatable bonds is 5. The van der Waals surface area contributed by atoms with Gasteiger partial charge in [0.2, 0.25) is 0 Å². The number of amides is 1. The third kappa shape index (κ3) is 4.55. The SMILES string of the molecule is Cc1nccc(-c2ccc(C(=O)NCc3ccc(-c4ccccc4)cc3)cc2)n1. The molecule has 4 rings (SSSR count). The third-order valence-corrected chi connectivity index (χ3v) is 4.73. The maximum atomic E-state index is 12.5. The lowest BCUT2D eigenvalue weighted by Gasteiger charge is -2.08. The molecule has 1 N–H and O–H groups in total. The van der Waals surface area contributed by atoms with Gasteiger partial charge in [0.15, 0.2) is 0 Å². The van der Waals surface area contributed by atoms with E-state index in [1.807, 2.05) is 67.6 Å². The van der Waals surface area contributed by atoms with Crippen molar-refractivity contribution in [2.24, 2.45) is 0 Å². The number of carbonyl (C=O) groups excluding carboxylic acids is 1. The molecule has 1 amide bonds. The summed E-state index contributed by atoms with van der Waals surface area (Å²) < 4.78 is 0. The van der Waals surface area contributed by atoms with Gasteiger partial charge in [0.25, 0.3) is 5.91 Å². The molecule has 0 unspecified atom stereocenters. The second-order valence-electron chi connectivity index (χ2n) is 6.81. The standard InChI is InChI=1S/C25H21N3O/c1-18-26-16-15-24(28-18)22-11-13-23(14-12-22)25(29)27-17-19-7-9-21(10-8-19)20-5-3-2-4-6-20/h2-16H,17H2,1H3,(H,27,29). The van der Waals surface area contributed by atoms with E-state index >= 15 is 0 Å². The van der Waals surface area contributed by atoms with Crippen molar-refractivity contribution in [3.63, 3.8) is 0 Å². The van der Waals surface area contributed by atoms with Crippen molar-refractivity contribution in [3.8, 4) is 22.4 Å². The number of hydrogen-bond donors (Lipinski definition) is 1. The lowest BCUT2D eigenvalue weighted by atomic mass is 10.0. The number of nitrogens with zero attached hydrogens (tertiary/aromatic N) is 2. The molecule has 0 radical (unpaired) electrons. The van der Waals surface area contributed by atoms with Crippen LogP contribution in [0.1, 0.15) is 21.7 Å². The van der Waals surface area contributed by atoms with Crippen LogP contribution in [0.3, 0.4) is 0 Å². The normalized spacial score (nSPS) is 10.5. The molecule has 1 heterocycles. The Kier molecular flexibility index (Phi) is 5.43. The summed E-state index contributed by atoms with van der Waals surface area (Å²) in [7, 11) is 0. The fourth-order valence-electron chi connectivity index (χ4n) is 3.14. The molecule has 3 aromatic carbocycles. The third-order valence-electron chi connectivity index (χ3n) is 4.73. The zero-order valence-electron chi connectivity index (χ0n) is 16.2. The van der Waals surface area contributed by atoms with Gasteiger partial charge in [-0.3, -0.25) is 4.79 Å². The van der Waals surface area contributed by atoms with E-state index in [2.05, 4.69) is 39.6 Å². The fourth-order valence-corrected chi connectivity index (χ4v) is 3.14. The van der Waals surface area contributed by atoms with Crippen LogP contribution in [-0.4, -0.2) is 15.9 Å². The summed E-state index contributed by atoms with van der Waals surface area (Å²) >= 11 is 0. The first kappa shape index (κ1) is 18.6. The van der Waals surface area contributed by atoms with Gasteiger partial charge in [-0.15, -0.1) is 0 Å². The molecule has 29 heavy (non-hydrogen) atoms. The van der Waals surface area contributed by atoms with Gasteiger partial charge in [-0.05, 0) is 41.8 Å². The Morgan fingerprint density at radius 3 is 2.14 bits per heavy atom. The summed E-state index contributed by atoms with van der Waals surface area (Å²) in [6.45, 7) is 2.35. The molecule has 0 saturated heterocycles. The lowest BCUT2D eigenvalue weighted by Crippen LogP contribution is -2.22. The first-order valence-electron chi connectivity index (χ1n) is 9.52. The second-order valence-corrected chi connectivity index (χ2v) is 6.81. The van der Waals surface area contributed by atoms with Crippen LogP contribution < -0.4 is 5.32 Å². The van der Waals surface area contributed by atoms with Gasteiger partial charge in [-0.25, -0.2) is 9.97 Å². The van der Waals surface area contributed by atoms with Crippen LogP contribution in [-0.2, 0) is 6.54 Å². The number of nitrogens with one attached hydrogen (secondary N) is 1. The van der Waals surface area contributed by atoms with Crippen LogP contribution in [0.2, 0.25) is 0 Å². The molecule has 142 valence electrons. The highest BCUT2D eigenvalue weighted by Gasteiger charge is 2.07. The number of aromatic nitrogens is 2. The van der Waals surface area contributed by atoms with Crippen molar-refractivity contribution in [1.29, 1.82) is 0 Å². The summed E-state index contributed by atoms with van der Waals surface area (Å²) in [5.41, 5.74) is 5.84. The van der Waals surface area contributed by atoms with Gasteiger partial charge < -0.3 is 5.32 Å². The molecule has 4 aromatic rings. The molecular formula is C25H21N3O. The summed E-state index contributed by atoms with van der Waals surface area (Å²) in [5.74, 6) is 0.630. The topological polar surface area (TPSA) is 54.9 Å². The molecule has 0 bridgehead atoms. The Morgan fingerprint density at radius 2 is 1.45 bits per heavy atom. The predicted molar refractivity (Wildman–Crippen MR) is 115 cm³/mol. The quantitative estimate of drug-likeness (QED) is 0.528. The Balaban J connectivity index is 1.38. The van der Waals surface area contributed by atoms with Crippen LogP contribution in [0.15, 0.2) is 91.1 Å². The smallest absolute Gasteiger partial charge is 0.251 e. The van der Waals surface area contributed by atoms with E-state index in [0.717, 1.165) is 28.2 Å². The van der Waals surface area contributed by atoms with Crippen molar-refractivity contribution >= 4 is 5.91 Å². The minimum Gasteiger partial charge on any atom is -0.348 e.